The minimum atomic E-state index is -0.682. The fourth-order valence-electron chi connectivity index (χ4n) is 2.51. The zero-order valence-electron chi connectivity index (χ0n) is 13.5. The molecule has 1 aliphatic heterocycles. The molecule has 1 fully saturated rings. The summed E-state index contributed by atoms with van der Waals surface area (Å²) in [5.41, 5.74) is 1.12. The van der Waals surface area contributed by atoms with Crippen molar-refractivity contribution in [2.45, 2.75) is 33.0 Å². The highest BCUT2D eigenvalue weighted by Crippen LogP contribution is 2.15. The molecule has 124 valence electrons. The summed E-state index contributed by atoms with van der Waals surface area (Å²) in [6.45, 7) is 5.96. The number of anilines is 2. The predicted octanol–water partition coefficient (Wildman–Crippen LogP) is 1.22. The van der Waals surface area contributed by atoms with Gasteiger partial charge in [-0.3, -0.25) is 14.4 Å². The zero-order valence-corrected chi connectivity index (χ0v) is 13.5. The fourth-order valence-corrected chi connectivity index (χ4v) is 2.51. The van der Waals surface area contributed by atoms with E-state index >= 15 is 0 Å². The van der Waals surface area contributed by atoms with Gasteiger partial charge in [0.2, 0.25) is 5.91 Å². The SMILES string of the molecule is CC(=O)Nc1ccc(NC(=O)C(=O)N2CC(C)OC(C)C2)cc1. The van der Waals surface area contributed by atoms with Crippen LogP contribution in [-0.4, -0.2) is 47.9 Å². The number of ether oxygens (including phenoxy) is 1. The minimum absolute atomic E-state index is 0.0903. The van der Waals surface area contributed by atoms with Crippen molar-refractivity contribution < 1.29 is 19.1 Å². The molecule has 2 unspecified atom stereocenters. The molecule has 2 atom stereocenters. The van der Waals surface area contributed by atoms with Crippen LogP contribution in [0.3, 0.4) is 0 Å². The second-order valence-corrected chi connectivity index (χ2v) is 5.68. The van der Waals surface area contributed by atoms with Crippen LogP contribution >= 0.6 is 0 Å². The van der Waals surface area contributed by atoms with Gasteiger partial charge in [-0.25, -0.2) is 0 Å². The first-order valence-corrected chi connectivity index (χ1v) is 7.48. The Morgan fingerprint density at radius 1 is 1.00 bits per heavy atom. The van der Waals surface area contributed by atoms with Crippen LogP contribution in [0.1, 0.15) is 20.8 Å². The van der Waals surface area contributed by atoms with Crippen molar-refractivity contribution in [3.63, 3.8) is 0 Å². The van der Waals surface area contributed by atoms with E-state index in [1.54, 1.807) is 24.3 Å². The van der Waals surface area contributed by atoms with Gasteiger partial charge in [0, 0.05) is 31.4 Å². The molecule has 7 nitrogen and oxygen atoms in total. The lowest BCUT2D eigenvalue weighted by molar-refractivity contribution is -0.151. The molecular formula is C16H21N3O4. The largest absolute Gasteiger partial charge is 0.372 e. The molecule has 23 heavy (non-hydrogen) atoms. The van der Waals surface area contributed by atoms with Gasteiger partial charge < -0.3 is 20.3 Å². The van der Waals surface area contributed by atoms with Crippen LogP contribution in [-0.2, 0) is 19.1 Å². The van der Waals surface area contributed by atoms with E-state index in [0.717, 1.165) is 0 Å². The van der Waals surface area contributed by atoms with Crippen LogP contribution in [0.5, 0.6) is 0 Å². The van der Waals surface area contributed by atoms with E-state index in [0.29, 0.717) is 24.5 Å². The monoisotopic (exact) mass is 319 g/mol. The molecule has 1 aliphatic rings. The summed E-state index contributed by atoms with van der Waals surface area (Å²) in [7, 11) is 0. The molecule has 0 spiro atoms. The van der Waals surface area contributed by atoms with Crippen molar-refractivity contribution >= 4 is 29.1 Å². The number of morpholine rings is 1. The van der Waals surface area contributed by atoms with Gasteiger partial charge in [0.1, 0.15) is 0 Å². The number of carbonyl (C=O) groups excluding carboxylic acids is 3. The average molecular weight is 319 g/mol. The number of hydrogen-bond acceptors (Lipinski definition) is 4. The third kappa shape index (κ3) is 4.79. The molecule has 0 aliphatic carbocycles. The number of rotatable bonds is 2. The maximum absolute atomic E-state index is 12.2. The van der Waals surface area contributed by atoms with Crippen molar-refractivity contribution in [3.8, 4) is 0 Å². The van der Waals surface area contributed by atoms with Gasteiger partial charge in [0.15, 0.2) is 0 Å². The highest BCUT2D eigenvalue weighted by molar-refractivity contribution is 6.39. The third-order valence-electron chi connectivity index (χ3n) is 3.36. The molecule has 1 saturated heterocycles. The van der Waals surface area contributed by atoms with E-state index in [-0.39, 0.29) is 18.1 Å². The smallest absolute Gasteiger partial charge is 0.313 e. The molecule has 0 radical (unpaired) electrons. The van der Waals surface area contributed by atoms with Crippen LogP contribution in [0.25, 0.3) is 0 Å². The minimum Gasteiger partial charge on any atom is -0.372 e. The van der Waals surface area contributed by atoms with Gasteiger partial charge in [0.25, 0.3) is 0 Å². The highest BCUT2D eigenvalue weighted by Gasteiger charge is 2.29. The molecule has 3 amide bonds. The number of nitrogens with zero attached hydrogens (tertiary/aromatic N) is 1. The van der Waals surface area contributed by atoms with Crippen LogP contribution < -0.4 is 10.6 Å². The zero-order chi connectivity index (χ0) is 17.0. The molecule has 1 heterocycles. The third-order valence-corrected chi connectivity index (χ3v) is 3.36. The Balaban J connectivity index is 1.95. The van der Waals surface area contributed by atoms with Gasteiger partial charge in [-0.15, -0.1) is 0 Å². The maximum atomic E-state index is 12.2. The summed E-state index contributed by atoms with van der Waals surface area (Å²) in [6.07, 6.45) is -0.181. The Labute approximate surface area is 135 Å². The van der Waals surface area contributed by atoms with Crippen molar-refractivity contribution in [1.82, 2.24) is 4.90 Å². The molecule has 2 N–H and O–H groups in total. The average Bonchev–Trinajstić information content (AvgIpc) is 2.47. The maximum Gasteiger partial charge on any atom is 0.313 e. The van der Waals surface area contributed by atoms with Crippen molar-refractivity contribution in [2.24, 2.45) is 0 Å². The fraction of sp³-hybridized carbons (Fsp3) is 0.438. The number of hydrogen-bond donors (Lipinski definition) is 2. The number of amides is 3. The summed E-state index contributed by atoms with van der Waals surface area (Å²) >= 11 is 0. The summed E-state index contributed by atoms with van der Waals surface area (Å²) in [5, 5.41) is 5.19. The van der Waals surface area contributed by atoms with Gasteiger partial charge in [-0.2, -0.15) is 0 Å². The molecule has 7 heteroatoms. The number of nitrogens with one attached hydrogen (secondary N) is 2. The quantitative estimate of drug-likeness (QED) is 0.802. The summed E-state index contributed by atoms with van der Waals surface area (Å²) < 4.78 is 5.55. The second kappa shape index (κ2) is 7.23. The normalized spacial score (nSPS) is 20.7. The van der Waals surface area contributed by atoms with Crippen LogP contribution in [0, 0.1) is 0 Å². The number of benzene rings is 1. The first-order valence-electron chi connectivity index (χ1n) is 7.48. The highest BCUT2D eigenvalue weighted by atomic mass is 16.5. The Morgan fingerprint density at radius 2 is 1.48 bits per heavy atom. The van der Waals surface area contributed by atoms with E-state index in [1.807, 2.05) is 13.8 Å². The molecule has 1 aromatic carbocycles. The van der Waals surface area contributed by atoms with Crippen molar-refractivity contribution in [2.75, 3.05) is 23.7 Å². The summed E-state index contributed by atoms with van der Waals surface area (Å²) in [4.78, 5) is 36.7. The number of carbonyl (C=O) groups is 3. The lowest BCUT2D eigenvalue weighted by Gasteiger charge is -2.34. The Kier molecular flexibility index (Phi) is 5.33. The lowest BCUT2D eigenvalue weighted by Crippen LogP contribution is -2.51. The van der Waals surface area contributed by atoms with E-state index < -0.39 is 11.8 Å². The summed E-state index contributed by atoms with van der Waals surface area (Å²) in [5.74, 6) is -1.43. The molecule has 1 aromatic rings. The van der Waals surface area contributed by atoms with Crippen molar-refractivity contribution in [3.05, 3.63) is 24.3 Å². The molecular weight excluding hydrogens is 298 g/mol. The van der Waals surface area contributed by atoms with E-state index in [9.17, 15) is 14.4 Å². The molecule has 0 saturated carbocycles. The van der Waals surface area contributed by atoms with Gasteiger partial charge >= 0.3 is 11.8 Å². The Bertz CT molecular complexity index is 590. The van der Waals surface area contributed by atoms with Crippen LogP contribution in [0.15, 0.2) is 24.3 Å². The van der Waals surface area contributed by atoms with Gasteiger partial charge in [0.05, 0.1) is 12.2 Å². The van der Waals surface area contributed by atoms with Gasteiger partial charge in [-0.1, -0.05) is 0 Å². The molecule has 0 bridgehead atoms. The Morgan fingerprint density at radius 3 is 1.96 bits per heavy atom. The predicted molar refractivity (Wildman–Crippen MR) is 86.0 cm³/mol. The first-order chi connectivity index (χ1) is 10.8. The standard InChI is InChI=1S/C16H21N3O4/c1-10-8-19(9-11(2)23-10)16(22)15(21)18-14-6-4-13(5-7-14)17-12(3)20/h4-7,10-11H,8-9H2,1-3H3,(H,17,20)(H,18,21). The Hall–Kier alpha value is -2.41. The first kappa shape index (κ1) is 17.0. The topological polar surface area (TPSA) is 87.7 Å². The van der Waals surface area contributed by atoms with E-state index in [1.165, 1.54) is 11.8 Å². The molecule has 2 rings (SSSR count). The lowest BCUT2D eigenvalue weighted by atomic mass is 10.2. The van der Waals surface area contributed by atoms with Crippen LogP contribution in [0.4, 0.5) is 11.4 Å². The van der Waals surface area contributed by atoms with E-state index in [4.69, 9.17) is 4.74 Å². The molecule has 0 aromatic heterocycles. The van der Waals surface area contributed by atoms with E-state index in [2.05, 4.69) is 10.6 Å². The van der Waals surface area contributed by atoms with Gasteiger partial charge in [-0.05, 0) is 38.1 Å². The van der Waals surface area contributed by atoms with Crippen LogP contribution in [0.2, 0.25) is 0 Å². The second-order valence-electron chi connectivity index (χ2n) is 5.68. The summed E-state index contributed by atoms with van der Waals surface area (Å²) in [6, 6.07) is 6.56. The van der Waals surface area contributed by atoms with Crippen molar-refractivity contribution in [1.29, 1.82) is 0 Å².